The normalized spacial score (nSPS) is 11.8. The molecule has 160 valence electrons. The fourth-order valence-corrected chi connectivity index (χ4v) is 4.48. The van der Waals surface area contributed by atoms with Crippen molar-refractivity contribution in [1.29, 1.82) is 0 Å². The Bertz CT molecular complexity index is 1050. The molecule has 0 radical (unpaired) electrons. The van der Waals surface area contributed by atoms with E-state index >= 15 is 0 Å². The van der Waals surface area contributed by atoms with Gasteiger partial charge in [-0.3, -0.25) is 0 Å². The Balaban J connectivity index is 2.21. The third-order valence-electron chi connectivity index (χ3n) is 4.74. The number of aryl methyl sites for hydroxylation is 2. The molecule has 1 aromatic heterocycles. The van der Waals surface area contributed by atoms with Crippen LogP contribution in [0.3, 0.4) is 0 Å². The first-order valence-electron chi connectivity index (χ1n) is 9.98. The molecule has 0 aliphatic carbocycles. The van der Waals surface area contributed by atoms with Crippen LogP contribution in [0.4, 0.5) is 5.69 Å². The summed E-state index contributed by atoms with van der Waals surface area (Å²) in [6.07, 6.45) is 0. The van der Waals surface area contributed by atoms with E-state index in [4.69, 9.17) is 19.2 Å². The summed E-state index contributed by atoms with van der Waals surface area (Å²) >= 11 is 1.64. The van der Waals surface area contributed by atoms with Gasteiger partial charge in [-0.05, 0) is 55.2 Å². The van der Waals surface area contributed by atoms with Gasteiger partial charge in [0.05, 0.1) is 32.7 Å². The number of hydrogen-bond acceptors (Lipinski definition) is 5. The molecule has 30 heavy (non-hydrogen) atoms. The van der Waals surface area contributed by atoms with Crippen LogP contribution in [0.15, 0.2) is 40.7 Å². The van der Waals surface area contributed by atoms with E-state index < -0.39 is 0 Å². The molecule has 0 N–H and O–H groups in total. The lowest BCUT2D eigenvalue weighted by molar-refractivity contribution is 0.324. The van der Waals surface area contributed by atoms with Gasteiger partial charge < -0.3 is 18.8 Å². The zero-order valence-corrected chi connectivity index (χ0v) is 19.6. The fourth-order valence-electron chi connectivity index (χ4n) is 3.55. The summed E-state index contributed by atoms with van der Waals surface area (Å²) in [6, 6.07) is 10.4. The number of benzene rings is 2. The standard InChI is InChI=1S/C24H30N2O3S/c1-15(2)13-26-20(18-11-21(27-5)23(29-7)22(12-18)28-6)14-30-24(26)25-19-9-16(3)8-17(4)10-19/h8-12,14-15H,13H2,1-7H3. The fraction of sp³-hybridized carbons (Fsp3) is 0.375. The predicted molar refractivity (Wildman–Crippen MR) is 123 cm³/mol. The molecule has 3 aromatic rings. The highest BCUT2D eigenvalue weighted by atomic mass is 32.1. The largest absolute Gasteiger partial charge is 0.493 e. The minimum absolute atomic E-state index is 0.471. The number of methoxy groups -OCH3 is 3. The quantitative estimate of drug-likeness (QED) is 0.483. The predicted octanol–water partition coefficient (Wildman–Crippen LogP) is 5.75. The zero-order valence-electron chi connectivity index (χ0n) is 18.8. The van der Waals surface area contributed by atoms with Crippen molar-refractivity contribution >= 4 is 17.0 Å². The molecular formula is C24H30N2O3S. The Morgan fingerprint density at radius 2 is 1.50 bits per heavy atom. The van der Waals surface area contributed by atoms with E-state index in [1.807, 2.05) is 12.1 Å². The highest BCUT2D eigenvalue weighted by Gasteiger charge is 2.17. The first kappa shape index (κ1) is 22.0. The molecule has 0 bridgehead atoms. The molecule has 0 unspecified atom stereocenters. The summed E-state index contributed by atoms with van der Waals surface area (Å²) in [6.45, 7) is 9.49. The van der Waals surface area contributed by atoms with Crippen LogP contribution in [0.1, 0.15) is 25.0 Å². The average molecular weight is 427 g/mol. The summed E-state index contributed by atoms with van der Waals surface area (Å²) in [4.78, 5) is 5.95. The molecule has 2 aromatic carbocycles. The molecular weight excluding hydrogens is 396 g/mol. The number of ether oxygens (including phenoxy) is 3. The van der Waals surface area contributed by atoms with Gasteiger partial charge in [-0.1, -0.05) is 19.9 Å². The van der Waals surface area contributed by atoms with Crippen LogP contribution in [0.5, 0.6) is 17.2 Å². The monoisotopic (exact) mass is 426 g/mol. The van der Waals surface area contributed by atoms with E-state index in [1.165, 1.54) is 11.1 Å². The van der Waals surface area contributed by atoms with E-state index in [0.717, 1.165) is 28.3 Å². The highest BCUT2D eigenvalue weighted by Crippen LogP contribution is 2.41. The van der Waals surface area contributed by atoms with E-state index in [9.17, 15) is 0 Å². The van der Waals surface area contributed by atoms with E-state index in [0.29, 0.717) is 23.2 Å². The summed E-state index contributed by atoms with van der Waals surface area (Å²) in [7, 11) is 4.89. The minimum atomic E-state index is 0.471. The van der Waals surface area contributed by atoms with Gasteiger partial charge in [0.1, 0.15) is 0 Å². The lowest BCUT2D eigenvalue weighted by Crippen LogP contribution is -2.19. The number of hydrogen-bond donors (Lipinski definition) is 0. The van der Waals surface area contributed by atoms with Gasteiger partial charge in [-0.25, -0.2) is 4.99 Å². The molecule has 0 fully saturated rings. The third kappa shape index (κ3) is 4.70. The van der Waals surface area contributed by atoms with Crippen LogP contribution >= 0.6 is 11.3 Å². The first-order chi connectivity index (χ1) is 14.4. The Labute approximate surface area is 182 Å². The van der Waals surface area contributed by atoms with Crippen LogP contribution in [0.25, 0.3) is 11.3 Å². The average Bonchev–Trinajstić information content (AvgIpc) is 3.07. The molecule has 0 atom stereocenters. The second-order valence-electron chi connectivity index (χ2n) is 7.78. The molecule has 0 amide bonds. The van der Waals surface area contributed by atoms with Crippen molar-refractivity contribution in [2.45, 2.75) is 34.2 Å². The van der Waals surface area contributed by atoms with Crippen molar-refractivity contribution in [1.82, 2.24) is 4.57 Å². The minimum Gasteiger partial charge on any atom is -0.493 e. The van der Waals surface area contributed by atoms with Crippen LogP contribution < -0.4 is 19.0 Å². The van der Waals surface area contributed by atoms with E-state index in [2.05, 4.69) is 55.8 Å². The van der Waals surface area contributed by atoms with Crippen LogP contribution in [0, 0.1) is 19.8 Å². The maximum atomic E-state index is 5.56. The summed E-state index contributed by atoms with van der Waals surface area (Å²) in [5.41, 5.74) is 5.48. The lowest BCUT2D eigenvalue weighted by atomic mass is 10.1. The van der Waals surface area contributed by atoms with Crippen LogP contribution in [-0.2, 0) is 6.54 Å². The van der Waals surface area contributed by atoms with Gasteiger partial charge in [0, 0.05) is 17.5 Å². The summed E-state index contributed by atoms with van der Waals surface area (Å²) < 4.78 is 18.9. The molecule has 0 saturated heterocycles. The number of aromatic nitrogens is 1. The second kappa shape index (κ2) is 9.39. The number of thiazole rings is 1. The van der Waals surface area contributed by atoms with Crippen LogP contribution in [0.2, 0.25) is 0 Å². The topological polar surface area (TPSA) is 45.0 Å². The van der Waals surface area contributed by atoms with Crippen molar-refractivity contribution in [3.8, 4) is 28.5 Å². The Morgan fingerprint density at radius 3 is 2.00 bits per heavy atom. The SMILES string of the molecule is COc1cc(-c2csc(=Nc3cc(C)cc(C)c3)n2CC(C)C)cc(OC)c1OC. The van der Waals surface area contributed by atoms with E-state index in [1.54, 1.807) is 32.7 Å². The Morgan fingerprint density at radius 1 is 0.900 bits per heavy atom. The molecule has 0 saturated carbocycles. The molecule has 6 heteroatoms. The number of nitrogens with zero attached hydrogens (tertiary/aromatic N) is 2. The molecule has 0 spiro atoms. The van der Waals surface area contributed by atoms with Gasteiger partial charge in [0.25, 0.3) is 0 Å². The van der Waals surface area contributed by atoms with Gasteiger partial charge in [-0.15, -0.1) is 11.3 Å². The Hall–Kier alpha value is -2.73. The van der Waals surface area contributed by atoms with Gasteiger partial charge in [-0.2, -0.15) is 0 Å². The number of rotatable bonds is 7. The van der Waals surface area contributed by atoms with Crippen molar-refractivity contribution in [2.24, 2.45) is 10.9 Å². The smallest absolute Gasteiger partial charge is 0.203 e. The van der Waals surface area contributed by atoms with E-state index in [-0.39, 0.29) is 0 Å². The van der Waals surface area contributed by atoms with Crippen molar-refractivity contribution in [3.05, 3.63) is 51.6 Å². The molecule has 0 aliphatic rings. The molecule has 1 heterocycles. The summed E-state index contributed by atoms with van der Waals surface area (Å²) in [5.74, 6) is 2.34. The third-order valence-corrected chi connectivity index (χ3v) is 5.60. The van der Waals surface area contributed by atoms with Gasteiger partial charge in [0.2, 0.25) is 5.75 Å². The zero-order chi connectivity index (χ0) is 21.8. The molecule has 3 rings (SSSR count). The highest BCUT2D eigenvalue weighted by molar-refractivity contribution is 7.07. The maximum absolute atomic E-state index is 5.56. The second-order valence-corrected chi connectivity index (χ2v) is 8.62. The van der Waals surface area contributed by atoms with Gasteiger partial charge in [0.15, 0.2) is 16.3 Å². The van der Waals surface area contributed by atoms with Crippen molar-refractivity contribution in [3.63, 3.8) is 0 Å². The first-order valence-corrected chi connectivity index (χ1v) is 10.9. The lowest BCUT2D eigenvalue weighted by Gasteiger charge is -2.16. The van der Waals surface area contributed by atoms with Crippen LogP contribution in [-0.4, -0.2) is 25.9 Å². The molecule has 5 nitrogen and oxygen atoms in total. The van der Waals surface area contributed by atoms with Crippen molar-refractivity contribution in [2.75, 3.05) is 21.3 Å². The Kier molecular flexibility index (Phi) is 6.87. The summed E-state index contributed by atoms with van der Waals surface area (Å²) in [5, 5.41) is 2.14. The maximum Gasteiger partial charge on any atom is 0.203 e. The molecule has 0 aliphatic heterocycles. The van der Waals surface area contributed by atoms with Gasteiger partial charge >= 0.3 is 0 Å². The van der Waals surface area contributed by atoms with Crippen molar-refractivity contribution < 1.29 is 14.2 Å².